The van der Waals surface area contributed by atoms with Crippen LogP contribution < -0.4 is 4.74 Å². The number of aromatic nitrogens is 2. The lowest BCUT2D eigenvalue weighted by atomic mass is 9.89. The van der Waals surface area contributed by atoms with Crippen molar-refractivity contribution < 1.29 is 9.53 Å². The Morgan fingerprint density at radius 1 is 1.19 bits per heavy atom. The molecule has 27 heavy (non-hydrogen) atoms. The minimum atomic E-state index is 0.00438. The van der Waals surface area contributed by atoms with Crippen molar-refractivity contribution in [2.24, 2.45) is 13.0 Å². The van der Waals surface area contributed by atoms with Crippen molar-refractivity contribution >= 4 is 16.8 Å². The highest BCUT2D eigenvalue weighted by Gasteiger charge is 2.28. The third-order valence-electron chi connectivity index (χ3n) is 5.49. The van der Waals surface area contributed by atoms with Crippen LogP contribution in [0.1, 0.15) is 29.0 Å². The van der Waals surface area contributed by atoms with Gasteiger partial charge in [0.2, 0.25) is 0 Å². The fourth-order valence-electron chi connectivity index (χ4n) is 4.02. The van der Waals surface area contributed by atoms with Gasteiger partial charge < -0.3 is 9.30 Å². The summed E-state index contributed by atoms with van der Waals surface area (Å²) in [6, 6.07) is 15.7. The van der Waals surface area contributed by atoms with Crippen LogP contribution in [0.4, 0.5) is 0 Å². The number of hydrogen-bond donors (Lipinski definition) is 0. The Kier molecular flexibility index (Phi) is 4.94. The number of methoxy groups -OCH3 is 1. The molecule has 0 amide bonds. The minimum absolute atomic E-state index is 0.00438. The van der Waals surface area contributed by atoms with E-state index >= 15 is 0 Å². The van der Waals surface area contributed by atoms with E-state index in [4.69, 9.17) is 9.72 Å². The number of ether oxygens (including phenoxy) is 1. The normalized spacial score (nSPS) is 17.9. The van der Waals surface area contributed by atoms with Crippen molar-refractivity contribution in [3.05, 3.63) is 59.9 Å². The summed E-state index contributed by atoms with van der Waals surface area (Å²) in [4.78, 5) is 20.2. The standard InChI is InChI=1S/C22H25N3O2/c1-24-19-11-5-4-10-18(19)23-21(24)15-25-13-7-8-16(14-25)22(26)17-9-3-6-12-20(17)27-2/h3-6,9-12,16H,7-8,13-15H2,1-2H3/t16-/m1/s1. The van der Waals surface area contributed by atoms with Crippen LogP contribution in [-0.2, 0) is 13.6 Å². The molecule has 0 saturated carbocycles. The smallest absolute Gasteiger partial charge is 0.170 e. The zero-order valence-corrected chi connectivity index (χ0v) is 15.9. The molecular formula is C22H25N3O2. The summed E-state index contributed by atoms with van der Waals surface area (Å²) in [6.07, 6.45) is 1.95. The highest BCUT2D eigenvalue weighted by atomic mass is 16.5. The number of carbonyl (C=O) groups is 1. The Morgan fingerprint density at radius 2 is 1.96 bits per heavy atom. The second kappa shape index (κ2) is 7.53. The Bertz CT molecular complexity index is 963. The number of imidazole rings is 1. The fraction of sp³-hybridized carbons (Fsp3) is 0.364. The summed E-state index contributed by atoms with van der Waals surface area (Å²) < 4.78 is 7.54. The molecule has 0 radical (unpaired) electrons. The van der Waals surface area contributed by atoms with Gasteiger partial charge in [-0.15, -0.1) is 0 Å². The number of hydrogen-bond acceptors (Lipinski definition) is 4. The van der Waals surface area contributed by atoms with Crippen LogP contribution >= 0.6 is 0 Å². The number of carbonyl (C=O) groups excluding carboxylic acids is 1. The van der Waals surface area contributed by atoms with E-state index in [2.05, 4.69) is 22.6 Å². The molecule has 0 bridgehead atoms. The van der Waals surface area contributed by atoms with E-state index in [-0.39, 0.29) is 11.7 Å². The first kappa shape index (κ1) is 17.7. The Balaban J connectivity index is 1.51. The lowest BCUT2D eigenvalue weighted by Gasteiger charge is -2.31. The van der Waals surface area contributed by atoms with E-state index in [0.717, 1.165) is 49.3 Å². The molecule has 3 aromatic rings. The summed E-state index contributed by atoms with van der Waals surface area (Å²) in [5.74, 6) is 1.89. The van der Waals surface area contributed by atoms with Crippen molar-refractivity contribution in [2.45, 2.75) is 19.4 Å². The SMILES string of the molecule is COc1ccccc1C(=O)[C@@H]1CCCN(Cc2nc3ccccc3n2C)C1. The third-order valence-corrected chi connectivity index (χ3v) is 5.49. The summed E-state index contributed by atoms with van der Waals surface area (Å²) >= 11 is 0. The zero-order valence-electron chi connectivity index (χ0n) is 15.9. The van der Waals surface area contributed by atoms with E-state index in [1.807, 2.05) is 42.5 Å². The number of fused-ring (bicyclic) bond motifs is 1. The lowest BCUT2D eigenvalue weighted by molar-refractivity contribution is 0.0804. The van der Waals surface area contributed by atoms with E-state index in [1.165, 1.54) is 0 Å². The Labute approximate surface area is 159 Å². The molecule has 0 N–H and O–H groups in total. The van der Waals surface area contributed by atoms with Gasteiger partial charge in [-0.1, -0.05) is 24.3 Å². The van der Waals surface area contributed by atoms with Gasteiger partial charge in [-0.3, -0.25) is 9.69 Å². The molecule has 0 spiro atoms. The van der Waals surface area contributed by atoms with Crippen LogP contribution in [0.15, 0.2) is 48.5 Å². The number of aryl methyl sites for hydroxylation is 1. The van der Waals surface area contributed by atoms with Gasteiger partial charge in [0.15, 0.2) is 5.78 Å². The van der Waals surface area contributed by atoms with Crippen molar-refractivity contribution in [1.29, 1.82) is 0 Å². The average molecular weight is 363 g/mol. The van der Waals surface area contributed by atoms with Crippen molar-refractivity contribution in [3.63, 3.8) is 0 Å². The number of benzene rings is 2. The Hall–Kier alpha value is -2.66. The molecule has 1 aromatic heterocycles. The largest absolute Gasteiger partial charge is 0.496 e. The van der Waals surface area contributed by atoms with Gasteiger partial charge in [0.05, 0.1) is 30.3 Å². The maximum atomic E-state index is 13.1. The quantitative estimate of drug-likeness (QED) is 0.649. The molecule has 1 fully saturated rings. The molecule has 2 aromatic carbocycles. The van der Waals surface area contributed by atoms with Gasteiger partial charge in [0.25, 0.3) is 0 Å². The first-order valence-electron chi connectivity index (χ1n) is 9.47. The average Bonchev–Trinajstić information content (AvgIpc) is 3.03. The topological polar surface area (TPSA) is 47.4 Å². The Morgan fingerprint density at radius 3 is 2.78 bits per heavy atom. The molecule has 5 heteroatoms. The van der Waals surface area contributed by atoms with Crippen LogP contribution in [0.3, 0.4) is 0 Å². The maximum Gasteiger partial charge on any atom is 0.170 e. The van der Waals surface area contributed by atoms with Gasteiger partial charge >= 0.3 is 0 Å². The monoisotopic (exact) mass is 363 g/mol. The molecule has 1 aliphatic rings. The number of ketones is 1. The number of Topliss-reactive ketones (excluding diaryl/α,β-unsaturated/α-hetero) is 1. The molecule has 0 unspecified atom stereocenters. The molecule has 4 rings (SSSR count). The van der Waals surface area contributed by atoms with Gasteiger partial charge in [0.1, 0.15) is 11.6 Å². The van der Waals surface area contributed by atoms with Crippen molar-refractivity contribution in [3.8, 4) is 5.75 Å². The second-order valence-corrected chi connectivity index (χ2v) is 7.21. The molecular weight excluding hydrogens is 338 g/mol. The summed E-state index contributed by atoms with van der Waals surface area (Å²) in [7, 11) is 3.68. The van der Waals surface area contributed by atoms with E-state index in [9.17, 15) is 4.79 Å². The van der Waals surface area contributed by atoms with Gasteiger partial charge in [-0.2, -0.15) is 0 Å². The molecule has 140 valence electrons. The highest BCUT2D eigenvalue weighted by molar-refractivity contribution is 6.00. The lowest BCUT2D eigenvalue weighted by Crippen LogP contribution is -2.38. The first-order valence-corrected chi connectivity index (χ1v) is 9.47. The predicted octanol–water partition coefficient (Wildman–Crippen LogP) is 3.68. The molecule has 5 nitrogen and oxygen atoms in total. The van der Waals surface area contributed by atoms with Gasteiger partial charge in [0, 0.05) is 19.5 Å². The van der Waals surface area contributed by atoms with Crippen molar-refractivity contribution in [2.75, 3.05) is 20.2 Å². The molecule has 1 atom stereocenters. The van der Waals surface area contributed by atoms with E-state index < -0.39 is 0 Å². The van der Waals surface area contributed by atoms with Crippen molar-refractivity contribution in [1.82, 2.24) is 14.5 Å². The summed E-state index contributed by atoms with van der Waals surface area (Å²) in [5.41, 5.74) is 2.86. The number of piperidine rings is 1. The summed E-state index contributed by atoms with van der Waals surface area (Å²) in [5, 5.41) is 0. The van der Waals surface area contributed by atoms with Crippen LogP contribution in [0, 0.1) is 5.92 Å². The van der Waals surface area contributed by atoms with Gasteiger partial charge in [-0.05, 0) is 43.7 Å². The number of rotatable bonds is 5. The number of nitrogens with zero attached hydrogens (tertiary/aromatic N) is 3. The van der Waals surface area contributed by atoms with Crippen LogP contribution in [0.25, 0.3) is 11.0 Å². The maximum absolute atomic E-state index is 13.1. The minimum Gasteiger partial charge on any atom is -0.496 e. The molecule has 1 saturated heterocycles. The zero-order chi connectivity index (χ0) is 18.8. The van der Waals surface area contributed by atoms with E-state index in [0.29, 0.717) is 11.3 Å². The van der Waals surface area contributed by atoms with E-state index in [1.54, 1.807) is 7.11 Å². The highest BCUT2D eigenvalue weighted by Crippen LogP contribution is 2.27. The van der Waals surface area contributed by atoms with Crippen LogP contribution in [-0.4, -0.2) is 40.4 Å². The summed E-state index contributed by atoms with van der Waals surface area (Å²) in [6.45, 7) is 2.53. The van der Waals surface area contributed by atoms with Crippen LogP contribution in [0.2, 0.25) is 0 Å². The molecule has 1 aliphatic heterocycles. The number of likely N-dealkylation sites (tertiary alicyclic amines) is 1. The first-order chi connectivity index (χ1) is 13.2. The fourth-order valence-corrected chi connectivity index (χ4v) is 4.02. The van der Waals surface area contributed by atoms with Crippen LogP contribution in [0.5, 0.6) is 5.75 Å². The van der Waals surface area contributed by atoms with Gasteiger partial charge in [-0.25, -0.2) is 4.98 Å². The second-order valence-electron chi connectivity index (χ2n) is 7.21. The third kappa shape index (κ3) is 3.47. The predicted molar refractivity (Wildman–Crippen MR) is 106 cm³/mol. The molecule has 0 aliphatic carbocycles. The molecule has 2 heterocycles. The number of para-hydroxylation sites is 3.